The van der Waals surface area contributed by atoms with Crippen LogP contribution in [-0.4, -0.2) is 60.2 Å². The fourth-order valence-electron chi connectivity index (χ4n) is 3.25. The minimum atomic E-state index is -5.08. The van der Waals surface area contributed by atoms with Crippen LogP contribution in [0, 0.1) is 0 Å². The van der Waals surface area contributed by atoms with Crippen LogP contribution in [0.4, 0.5) is 13.2 Å². The predicted octanol–water partition coefficient (Wildman–Crippen LogP) is 3.07. The molecule has 148 valence electrons. The van der Waals surface area contributed by atoms with Crippen LogP contribution in [0.25, 0.3) is 0 Å². The molecule has 0 amide bonds. The summed E-state index contributed by atoms with van der Waals surface area (Å²) >= 11 is 0. The van der Waals surface area contributed by atoms with Gasteiger partial charge in [0.2, 0.25) is 0 Å². The molecule has 0 aliphatic carbocycles. The van der Waals surface area contributed by atoms with Crippen LogP contribution in [0.2, 0.25) is 0 Å². The number of carboxylic acids is 1. The van der Waals surface area contributed by atoms with Crippen molar-refractivity contribution in [3.8, 4) is 0 Å². The number of hydrogen-bond acceptors (Lipinski definition) is 5. The van der Waals surface area contributed by atoms with Crippen molar-refractivity contribution >= 4 is 5.97 Å². The monoisotopic (exact) mass is 379 g/mol. The number of furan rings is 1. The minimum Gasteiger partial charge on any atom is -0.475 e. The third kappa shape index (κ3) is 6.00. The third-order valence-electron chi connectivity index (χ3n) is 4.57. The molecule has 1 aromatic rings. The molecule has 0 aromatic carbocycles. The first-order valence-electron chi connectivity index (χ1n) is 8.53. The third-order valence-corrected chi connectivity index (χ3v) is 4.57. The number of nitrogens with zero attached hydrogens (tertiary/aromatic N) is 1. The van der Waals surface area contributed by atoms with E-state index in [1.165, 1.54) is 5.56 Å². The highest BCUT2D eigenvalue weighted by molar-refractivity contribution is 5.73. The molecule has 0 radical (unpaired) electrons. The highest BCUT2D eigenvalue weighted by atomic mass is 19.4. The second-order valence-corrected chi connectivity index (χ2v) is 6.49. The van der Waals surface area contributed by atoms with E-state index in [2.05, 4.69) is 11.8 Å². The SMILES string of the molecule is CCOC1COC2(CCN(Cc3ccoc3)CC2)C1.O=C(O)C(F)(F)F. The summed E-state index contributed by atoms with van der Waals surface area (Å²) in [5.41, 5.74) is 1.35. The number of aliphatic carboxylic acids is 1. The van der Waals surface area contributed by atoms with Gasteiger partial charge in [-0.3, -0.25) is 4.90 Å². The zero-order valence-electron chi connectivity index (χ0n) is 14.6. The van der Waals surface area contributed by atoms with Gasteiger partial charge in [-0.1, -0.05) is 0 Å². The molecular weight excluding hydrogens is 355 g/mol. The number of hydrogen-bond donors (Lipinski definition) is 1. The molecule has 26 heavy (non-hydrogen) atoms. The van der Waals surface area contributed by atoms with Crippen molar-refractivity contribution in [3.63, 3.8) is 0 Å². The Kier molecular flexibility index (Phi) is 7.08. The summed E-state index contributed by atoms with van der Waals surface area (Å²) in [5.74, 6) is -2.76. The number of likely N-dealkylation sites (tertiary alicyclic amines) is 1. The molecule has 2 aliphatic heterocycles. The van der Waals surface area contributed by atoms with Gasteiger partial charge < -0.3 is 19.0 Å². The van der Waals surface area contributed by atoms with Crippen LogP contribution in [0.3, 0.4) is 0 Å². The molecule has 1 aromatic heterocycles. The lowest BCUT2D eigenvalue weighted by molar-refractivity contribution is -0.192. The maximum Gasteiger partial charge on any atom is 0.490 e. The molecule has 3 rings (SSSR count). The summed E-state index contributed by atoms with van der Waals surface area (Å²) in [6, 6.07) is 2.04. The quantitative estimate of drug-likeness (QED) is 0.867. The molecule has 2 saturated heterocycles. The number of ether oxygens (including phenoxy) is 2. The van der Waals surface area contributed by atoms with Crippen LogP contribution >= 0.6 is 0 Å². The van der Waals surface area contributed by atoms with Gasteiger partial charge in [0.25, 0.3) is 0 Å². The van der Waals surface area contributed by atoms with E-state index in [0.29, 0.717) is 6.10 Å². The average molecular weight is 379 g/mol. The first kappa shape index (κ1) is 20.7. The maximum absolute atomic E-state index is 10.6. The molecule has 6 nitrogen and oxygen atoms in total. The lowest BCUT2D eigenvalue weighted by Gasteiger charge is -2.38. The summed E-state index contributed by atoms with van der Waals surface area (Å²) in [6.07, 6.45) is 2.11. The van der Waals surface area contributed by atoms with Gasteiger partial charge >= 0.3 is 12.1 Å². The van der Waals surface area contributed by atoms with Gasteiger partial charge in [0.15, 0.2) is 0 Å². The number of carbonyl (C=O) groups is 1. The van der Waals surface area contributed by atoms with Gasteiger partial charge in [-0.05, 0) is 25.8 Å². The molecule has 1 atom stereocenters. The van der Waals surface area contributed by atoms with Gasteiger partial charge in [0.1, 0.15) is 0 Å². The van der Waals surface area contributed by atoms with Gasteiger partial charge in [-0.25, -0.2) is 4.79 Å². The van der Waals surface area contributed by atoms with Gasteiger partial charge in [-0.2, -0.15) is 13.2 Å². The second-order valence-electron chi connectivity index (χ2n) is 6.49. The van der Waals surface area contributed by atoms with E-state index < -0.39 is 12.1 Å². The highest BCUT2D eigenvalue weighted by Gasteiger charge is 2.43. The van der Waals surface area contributed by atoms with Gasteiger partial charge in [0, 0.05) is 38.2 Å². The van der Waals surface area contributed by atoms with E-state index in [-0.39, 0.29) is 5.60 Å². The number of carboxylic acid groups (broad SMARTS) is 1. The fourth-order valence-corrected chi connectivity index (χ4v) is 3.25. The summed E-state index contributed by atoms with van der Waals surface area (Å²) in [7, 11) is 0. The van der Waals surface area contributed by atoms with E-state index in [0.717, 1.165) is 52.1 Å². The molecule has 0 saturated carbocycles. The molecule has 2 aliphatic rings. The minimum absolute atomic E-state index is 0.0900. The topological polar surface area (TPSA) is 72.1 Å². The van der Waals surface area contributed by atoms with E-state index >= 15 is 0 Å². The van der Waals surface area contributed by atoms with Crippen LogP contribution in [-0.2, 0) is 20.8 Å². The normalized spacial score (nSPS) is 22.8. The summed E-state index contributed by atoms with van der Waals surface area (Å²) in [4.78, 5) is 11.4. The Hall–Kier alpha value is -1.58. The molecule has 3 heterocycles. The summed E-state index contributed by atoms with van der Waals surface area (Å²) in [5, 5.41) is 7.12. The molecule has 1 spiro atoms. The lowest BCUT2D eigenvalue weighted by Crippen LogP contribution is -2.43. The van der Waals surface area contributed by atoms with E-state index in [9.17, 15) is 13.2 Å². The van der Waals surface area contributed by atoms with E-state index in [1.807, 2.05) is 12.3 Å². The van der Waals surface area contributed by atoms with Crippen molar-refractivity contribution < 1.29 is 37.0 Å². The average Bonchev–Trinajstić information content (AvgIpc) is 3.21. The van der Waals surface area contributed by atoms with E-state index in [1.54, 1.807) is 6.26 Å². The Morgan fingerprint density at radius 1 is 1.42 bits per heavy atom. The van der Waals surface area contributed by atoms with Crippen molar-refractivity contribution in [1.29, 1.82) is 0 Å². The smallest absolute Gasteiger partial charge is 0.475 e. The van der Waals surface area contributed by atoms with Gasteiger partial charge in [-0.15, -0.1) is 0 Å². The Morgan fingerprint density at radius 2 is 2.08 bits per heavy atom. The first-order chi connectivity index (χ1) is 12.2. The van der Waals surface area contributed by atoms with Crippen molar-refractivity contribution in [1.82, 2.24) is 4.90 Å². The molecular formula is C17H24F3NO5. The maximum atomic E-state index is 10.6. The van der Waals surface area contributed by atoms with Crippen LogP contribution < -0.4 is 0 Å². The van der Waals surface area contributed by atoms with Crippen molar-refractivity contribution in [2.45, 2.75) is 50.6 Å². The van der Waals surface area contributed by atoms with Crippen LogP contribution in [0.1, 0.15) is 31.7 Å². The Balaban J connectivity index is 0.000000298. The number of alkyl halides is 3. The molecule has 2 fully saturated rings. The zero-order valence-corrected chi connectivity index (χ0v) is 14.6. The Labute approximate surface area is 149 Å². The standard InChI is InChI=1S/C15H23NO3.C2HF3O2/c1-2-18-14-9-15(19-12-14)4-6-16(7-5-15)10-13-3-8-17-11-13;3-2(4,5)1(6)7/h3,8,11,14H,2,4-7,9-10,12H2,1H3;(H,6,7). The van der Waals surface area contributed by atoms with E-state index in [4.69, 9.17) is 23.8 Å². The number of halogens is 3. The van der Waals surface area contributed by atoms with Crippen molar-refractivity contribution in [2.24, 2.45) is 0 Å². The number of rotatable bonds is 4. The Morgan fingerprint density at radius 3 is 2.58 bits per heavy atom. The molecule has 1 N–H and O–H groups in total. The highest BCUT2D eigenvalue weighted by Crippen LogP contribution is 2.37. The van der Waals surface area contributed by atoms with Crippen LogP contribution in [0.15, 0.2) is 23.0 Å². The first-order valence-corrected chi connectivity index (χ1v) is 8.53. The number of piperidine rings is 1. The summed E-state index contributed by atoms with van der Waals surface area (Å²) < 4.78 is 48.6. The molecule has 9 heteroatoms. The van der Waals surface area contributed by atoms with Gasteiger partial charge in [0.05, 0.1) is 30.8 Å². The van der Waals surface area contributed by atoms with Crippen molar-refractivity contribution in [2.75, 3.05) is 26.3 Å². The zero-order chi connectivity index (χ0) is 19.2. The molecule has 1 unspecified atom stereocenters. The predicted molar refractivity (Wildman–Crippen MR) is 85.6 cm³/mol. The fraction of sp³-hybridized carbons (Fsp3) is 0.706. The Bertz CT molecular complexity index is 553. The summed E-state index contributed by atoms with van der Waals surface area (Å²) in [6.45, 7) is 6.81. The van der Waals surface area contributed by atoms with Crippen LogP contribution in [0.5, 0.6) is 0 Å². The second kappa shape index (κ2) is 8.88. The largest absolute Gasteiger partial charge is 0.490 e. The lowest BCUT2D eigenvalue weighted by atomic mass is 9.88. The van der Waals surface area contributed by atoms with Crippen molar-refractivity contribution in [3.05, 3.63) is 24.2 Å². The molecule has 0 bridgehead atoms.